The van der Waals surface area contributed by atoms with Crippen molar-refractivity contribution in [3.63, 3.8) is 0 Å². The molecular weight excluding hydrogens is 250 g/mol. The first-order valence-electron chi connectivity index (χ1n) is 6.89. The van der Waals surface area contributed by atoms with Crippen molar-refractivity contribution < 1.29 is 4.42 Å². The molecule has 2 heterocycles. The van der Waals surface area contributed by atoms with E-state index < -0.39 is 0 Å². The number of para-hydroxylation sites is 1. The fraction of sp³-hybridized carbons (Fsp3) is 0.312. The normalized spacial score (nSPS) is 12.9. The number of furan rings is 1. The van der Waals surface area contributed by atoms with Crippen LogP contribution in [-0.2, 0) is 7.05 Å². The van der Waals surface area contributed by atoms with Gasteiger partial charge in [0.25, 0.3) is 0 Å². The van der Waals surface area contributed by atoms with Gasteiger partial charge in [0.2, 0.25) is 0 Å². The largest absolute Gasteiger partial charge is 0.459 e. The van der Waals surface area contributed by atoms with Crippen molar-refractivity contribution in [3.8, 4) is 0 Å². The number of imidazole rings is 1. The van der Waals surface area contributed by atoms with Gasteiger partial charge in [0.1, 0.15) is 17.4 Å². The lowest BCUT2D eigenvalue weighted by Gasteiger charge is -2.15. The van der Waals surface area contributed by atoms with Gasteiger partial charge in [-0.1, -0.05) is 25.1 Å². The number of hydrogen-bond acceptors (Lipinski definition) is 3. The van der Waals surface area contributed by atoms with Crippen molar-refractivity contribution in [2.24, 2.45) is 7.05 Å². The molecule has 0 aliphatic heterocycles. The smallest absolute Gasteiger partial charge is 0.137 e. The molecule has 0 bridgehead atoms. The lowest BCUT2D eigenvalue weighted by Crippen LogP contribution is -2.23. The Balaban J connectivity index is 2.10. The molecule has 0 aliphatic carbocycles. The molecule has 0 amide bonds. The van der Waals surface area contributed by atoms with Crippen LogP contribution in [0.1, 0.15) is 30.0 Å². The maximum atomic E-state index is 6.09. The maximum absolute atomic E-state index is 6.09. The van der Waals surface area contributed by atoms with Crippen molar-refractivity contribution in [2.45, 2.75) is 19.9 Å². The van der Waals surface area contributed by atoms with E-state index in [1.54, 1.807) is 0 Å². The van der Waals surface area contributed by atoms with Crippen LogP contribution in [0.15, 0.2) is 41.2 Å². The Bertz CT molecular complexity index is 726. The van der Waals surface area contributed by atoms with Crippen LogP contribution in [-0.4, -0.2) is 16.1 Å². The molecule has 2 aromatic heterocycles. The molecule has 1 atom stereocenters. The van der Waals surface area contributed by atoms with E-state index in [1.165, 1.54) is 0 Å². The van der Waals surface area contributed by atoms with Crippen LogP contribution in [0, 0.1) is 6.92 Å². The molecule has 1 N–H and O–H groups in total. The summed E-state index contributed by atoms with van der Waals surface area (Å²) in [5.74, 6) is 0.930. The SMILES string of the molecule is CCNC(c1cc2cccc(C)c2o1)c1cncn1C. The molecule has 3 rings (SSSR count). The van der Waals surface area contributed by atoms with Gasteiger partial charge in [0.15, 0.2) is 0 Å². The molecular formula is C16H19N3O. The molecule has 20 heavy (non-hydrogen) atoms. The quantitative estimate of drug-likeness (QED) is 0.791. The van der Waals surface area contributed by atoms with Gasteiger partial charge < -0.3 is 14.3 Å². The number of nitrogens with zero attached hydrogens (tertiary/aromatic N) is 2. The third kappa shape index (κ3) is 2.12. The molecule has 0 aliphatic rings. The lowest BCUT2D eigenvalue weighted by molar-refractivity contribution is 0.463. The average molecular weight is 269 g/mol. The van der Waals surface area contributed by atoms with Gasteiger partial charge in [-0.25, -0.2) is 4.98 Å². The highest BCUT2D eigenvalue weighted by molar-refractivity contribution is 5.81. The highest BCUT2D eigenvalue weighted by Gasteiger charge is 2.20. The molecule has 0 spiro atoms. The number of hydrogen-bond donors (Lipinski definition) is 1. The maximum Gasteiger partial charge on any atom is 0.137 e. The minimum atomic E-state index is 0.0271. The standard InChI is InChI=1S/C16H19N3O/c1-4-18-15(13-9-17-10-19(13)3)14-8-12-7-5-6-11(2)16(12)20-14/h5-10,15,18H,4H2,1-3H3. The van der Waals surface area contributed by atoms with Gasteiger partial charge in [-0.2, -0.15) is 0 Å². The second-order valence-electron chi connectivity index (χ2n) is 5.06. The third-order valence-electron chi connectivity index (χ3n) is 3.60. The Labute approximate surface area is 118 Å². The van der Waals surface area contributed by atoms with Crippen molar-refractivity contribution in [3.05, 3.63) is 53.8 Å². The summed E-state index contributed by atoms with van der Waals surface area (Å²) in [6.07, 6.45) is 3.70. The average Bonchev–Trinajstić information content (AvgIpc) is 3.03. The number of benzene rings is 1. The number of rotatable bonds is 4. The number of aryl methyl sites for hydroxylation is 2. The van der Waals surface area contributed by atoms with Crippen LogP contribution in [0.2, 0.25) is 0 Å². The van der Waals surface area contributed by atoms with Crippen molar-refractivity contribution in [1.82, 2.24) is 14.9 Å². The van der Waals surface area contributed by atoms with Gasteiger partial charge in [-0.15, -0.1) is 0 Å². The van der Waals surface area contributed by atoms with Crippen molar-refractivity contribution in [2.75, 3.05) is 6.54 Å². The Morgan fingerprint density at radius 1 is 1.40 bits per heavy atom. The molecule has 4 heteroatoms. The first-order valence-corrected chi connectivity index (χ1v) is 6.89. The van der Waals surface area contributed by atoms with Crippen LogP contribution in [0.25, 0.3) is 11.0 Å². The topological polar surface area (TPSA) is 43.0 Å². The van der Waals surface area contributed by atoms with E-state index >= 15 is 0 Å². The Morgan fingerprint density at radius 3 is 2.90 bits per heavy atom. The summed E-state index contributed by atoms with van der Waals surface area (Å²) in [7, 11) is 2.00. The second kappa shape index (κ2) is 5.13. The van der Waals surface area contributed by atoms with Crippen LogP contribution in [0.4, 0.5) is 0 Å². The summed E-state index contributed by atoms with van der Waals surface area (Å²) in [6.45, 7) is 5.03. The van der Waals surface area contributed by atoms with E-state index in [0.29, 0.717) is 0 Å². The summed E-state index contributed by atoms with van der Waals surface area (Å²) >= 11 is 0. The zero-order valence-electron chi connectivity index (χ0n) is 12.1. The minimum Gasteiger partial charge on any atom is -0.459 e. The van der Waals surface area contributed by atoms with Crippen LogP contribution in [0.5, 0.6) is 0 Å². The molecule has 1 unspecified atom stereocenters. The number of fused-ring (bicyclic) bond motifs is 1. The Hall–Kier alpha value is -2.07. The minimum absolute atomic E-state index is 0.0271. The predicted molar refractivity (Wildman–Crippen MR) is 79.7 cm³/mol. The first-order chi connectivity index (χ1) is 9.70. The summed E-state index contributed by atoms with van der Waals surface area (Å²) in [4.78, 5) is 4.20. The van der Waals surface area contributed by atoms with Crippen LogP contribution in [0.3, 0.4) is 0 Å². The van der Waals surface area contributed by atoms with Gasteiger partial charge in [0, 0.05) is 12.4 Å². The summed E-state index contributed by atoms with van der Waals surface area (Å²) in [5, 5.41) is 4.61. The molecule has 0 saturated carbocycles. The van der Waals surface area contributed by atoms with Crippen LogP contribution >= 0.6 is 0 Å². The Morgan fingerprint density at radius 2 is 2.25 bits per heavy atom. The van der Waals surface area contributed by atoms with Crippen molar-refractivity contribution >= 4 is 11.0 Å². The monoisotopic (exact) mass is 269 g/mol. The lowest BCUT2D eigenvalue weighted by atomic mass is 10.1. The van der Waals surface area contributed by atoms with E-state index in [-0.39, 0.29) is 6.04 Å². The summed E-state index contributed by atoms with van der Waals surface area (Å²) in [6, 6.07) is 8.36. The highest BCUT2D eigenvalue weighted by atomic mass is 16.3. The zero-order chi connectivity index (χ0) is 14.1. The van der Waals surface area contributed by atoms with Gasteiger partial charge in [0.05, 0.1) is 18.2 Å². The molecule has 0 saturated heterocycles. The van der Waals surface area contributed by atoms with E-state index in [0.717, 1.165) is 34.5 Å². The van der Waals surface area contributed by atoms with Gasteiger partial charge in [-0.3, -0.25) is 0 Å². The van der Waals surface area contributed by atoms with Crippen LogP contribution < -0.4 is 5.32 Å². The number of aromatic nitrogens is 2. The van der Waals surface area contributed by atoms with Gasteiger partial charge >= 0.3 is 0 Å². The molecule has 0 radical (unpaired) electrons. The number of nitrogens with one attached hydrogen (secondary N) is 1. The van der Waals surface area contributed by atoms with Gasteiger partial charge in [-0.05, 0) is 25.1 Å². The zero-order valence-corrected chi connectivity index (χ0v) is 12.1. The summed E-state index contributed by atoms with van der Waals surface area (Å²) in [5.41, 5.74) is 3.23. The van der Waals surface area contributed by atoms with E-state index in [2.05, 4.69) is 48.4 Å². The third-order valence-corrected chi connectivity index (χ3v) is 3.60. The van der Waals surface area contributed by atoms with E-state index in [4.69, 9.17) is 4.42 Å². The molecule has 3 aromatic rings. The highest BCUT2D eigenvalue weighted by Crippen LogP contribution is 2.29. The fourth-order valence-electron chi connectivity index (χ4n) is 2.57. The first kappa shape index (κ1) is 12.9. The van der Waals surface area contributed by atoms with E-state index in [9.17, 15) is 0 Å². The molecule has 4 nitrogen and oxygen atoms in total. The fourth-order valence-corrected chi connectivity index (χ4v) is 2.57. The molecule has 0 fully saturated rings. The van der Waals surface area contributed by atoms with E-state index in [1.807, 2.05) is 24.1 Å². The second-order valence-corrected chi connectivity index (χ2v) is 5.06. The Kier molecular flexibility index (Phi) is 3.32. The predicted octanol–water partition coefficient (Wildman–Crippen LogP) is 3.17. The molecule has 1 aromatic carbocycles. The summed E-state index contributed by atoms with van der Waals surface area (Å²) < 4.78 is 8.11. The molecule has 104 valence electrons. The van der Waals surface area contributed by atoms with Crippen molar-refractivity contribution in [1.29, 1.82) is 0 Å².